The maximum Gasteiger partial charge on any atom is 0.279 e. The summed E-state index contributed by atoms with van der Waals surface area (Å²) in [5, 5.41) is 19.5. The number of nitrogens with one attached hydrogen (secondary N) is 1. The first-order valence-electron chi connectivity index (χ1n) is 4.78. The molecule has 1 heterocycles. The van der Waals surface area contributed by atoms with E-state index in [0.29, 0.717) is 5.69 Å². The lowest BCUT2D eigenvalue weighted by atomic mass is 10.3. The Hall–Kier alpha value is -1.42. The fourth-order valence-corrected chi connectivity index (χ4v) is 3.08. The molecule has 0 radical (unpaired) electrons. The minimum Gasteiger partial charge on any atom is -0.506 e. The van der Waals surface area contributed by atoms with Crippen LogP contribution in [-0.4, -0.2) is 20.2 Å². The number of H-pyrrole nitrogens is 1. The van der Waals surface area contributed by atoms with Crippen molar-refractivity contribution in [1.82, 2.24) is 9.97 Å². The first-order chi connectivity index (χ1) is 8.65. The zero-order valence-electron chi connectivity index (χ0n) is 8.87. The van der Waals surface area contributed by atoms with Crippen molar-refractivity contribution in [2.45, 2.75) is 0 Å². The highest BCUT2D eigenvalue weighted by Crippen LogP contribution is 2.41. The van der Waals surface area contributed by atoms with Crippen molar-refractivity contribution in [3.05, 3.63) is 40.9 Å². The fourth-order valence-electron chi connectivity index (χ4n) is 1.39. The molecule has 2 rings (SSSR count). The highest BCUT2D eigenvalue weighted by atomic mass is 127. The maximum atomic E-state index is 11.7. The van der Waals surface area contributed by atoms with Gasteiger partial charge in [0.05, 0.1) is 12.0 Å². The van der Waals surface area contributed by atoms with Gasteiger partial charge in [0.15, 0.2) is 5.69 Å². The molecule has 6 nitrogen and oxygen atoms in total. The Kier molecular flexibility index (Phi) is 3.97. The fraction of sp³-hybridized carbons (Fsp3) is 0. The molecule has 0 aliphatic carbocycles. The number of rotatable bonds is 3. The molecule has 0 fully saturated rings. The van der Waals surface area contributed by atoms with Crippen LogP contribution in [0.25, 0.3) is 0 Å². The second-order valence-electron chi connectivity index (χ2n) is 3.26. The standard InChI is InChI=1S/C10H8IN3O3S/c11-18-14(6-3-1-2-4-7(6)15)8-9(16)12-5-13-10(8)17/h1-5,15H,(H2,12,13,16,17). The number of aromatic hydroxyl groups is 2. The monoisotopic (exact) mass is 377 g/mol. The Morgan fingerprint density at radius 1 is 1.33 bits per heavy atom. The van der Waals surface area contributed by atoms with E-state index in [4.69, 9.17) is 0 Å². The van der Waals surface area contributed by atoms with Gasteiger partial charge in [0.2, 0.25) is 5.88 Å². The van der Waals surface area contributed by atoms with Crippen LogP contribution in [0.5, 0.6) is 11.6 Å². The van der Waals surface area contributed by atoms with Gasteiger partial charge in [-0.2, -0.15) is 0 Å². The van der Waals surface area contributed by atoms with Crippen LogP contribution in [0.4, 0.5) is 11.4 Å². The predicted octanol–water partition coefficient (Wildman–Crippen LogP) is 2.32. The number of nitrogens with zero attached hydrogens (tertiary/aromatic N) is 2. The van der Waals surface area contributed by atoms with Crippen LogP contribution < -0.4 is 9.86 Å². The number of halogens is 1. The molecule has 1 aromatic heterocycles. The summed E-state index contributed by atoms with van der Waals surface area (Å²) in [4.78, 5) is 17.7. The Balaban J connectivity index is 2.60. The molecule has 0 saturated heterocycles. The first-order valence-corrected chi connectivity index (χ1v) is 8.10. The molecule has 3 N–H and O–H groups in total. The normalized spacial score (nSPS) is 10.3. The van der Waals surface area contributed by atoms with E-state index in [1.165, 1.54) is 10.4 Å². The Bertz CT molecular complexity index is 619. The van der Waals surface area contributed by atoms with Crippen LogP contribution in [0, 0.1) is 0 Å². The first kappa shape index (κ1) is 13.0. The summed E-state index contributed by atoms with van der Waals surface area (Å²) in [5.41, 5.74) is -0.126. The molecule has 1 aromatic carbocycles. The second kappa shape index (κ2) is 5.48. The van der Waals surface area contributed by atoms with Crippen molar-refractivity contribution in [2.75, 3.05) is 4.31 Å². The summed E-state index contributed by atoms with van der Waals surface area (Å²) >= 11 is 1.95. The number of benzene rings is 1. The molecule has 0 atom stereocenters. The maximum absolute atomic E-state index is 11.7. The van der Waals surface area contributed by atoms with E-state index in [0.717, 1.165) is 15.4 Å². The van der Waals surface area contributed by atoms with E-state index in [9.17, 15) is 15.0 Å². The molecule has 0 bridgehead atoms. The summed E-state index contributed by atoms with van der Waals surface area (Å²) in [6.07, 6.45) is 1.11. The van der Waals surface area contributed by atoms with E-state index in [1.807, 2.05) is 21.2 Å². The van der Waals surface area contributed by atoms with Crippen LogP contribution in [0.1, 0.15) is 0 Å². The number of aromatic amines is 1. The van der Waals surface area contributed by atoms with Gasteiger partial charge < -0.3 is 15.2 Å². The average molecular weight is 377 g/mol. The van der Waals surface area contributed by atoms with E-state index >= 15 is 0 Å². The van der Waals surface area contributed by atoms with Gasteiger partial charge in [0.1, 0.15) is 5.75 Å². The van der Waals surface area contributed by atoms with E-state index in [-0.39, 0.29) is 11.4 Å². The number of phenols is 1. The van der Waals surface area contributed by atoms with Crippen molar-refractivity contribution >= 4 is 41.7 Å². The third-order valence-corrected chi connectivity index (χ3v) is 3.88. The van der Waals surface area contributed by atoms with E-state index in [2.05, 4.69) is 9.97 Å². The third kappa shape index (κ3) is 2.38. The van der Waals surface area contributed by atoms with Gasteiger partial charge in [-0.3, -0.25) is 9.10 Å². The summed E-state index contributed by atoms with van der Waals surface area (Å²) in [6.45, 7) is 0. The van der Waals surface area contributed by atoms with Crippen molar-refractivity contribution in [3.8, 4) is 11.6 Å². The molecule has 0 unspecified atom stereocenters. The highest BCUT2D eigenvalue weighted by Gasteiger charge is 2.20. The molecule has 18 heavy (non-hydrogen) atoms. The lowest BCUT2D eigenvalue weighted by molar-refractivity contribution is 0.452. The molecule has 2 aromatic rings. The molecular formula is C10H8IN3O3S. The highest BCUT2D eigenvalue weighted by molar-refractivity contribution is 14.2. The lowest BCUT2D eigenvalue weighted by Gasteiger charge is -2.20. The zero-order valence-corrected chi connectivity index (χ0v) is 11.8. The zero-order chi connectivity index (χ0) is 13.1. The van der Waals surface area contributed by atoms with Crippen molar-refractivity contribution in [2.24, 2.45) is 0 Å². The van der Waals surface area contributed by atoms with Crippen LogP contribution in [0.2, 0.25) is 0 Å². The Labute approximate surface area is 118 Å². The minimum atomic E-state index is -0.491. The summed E-state index contributed by atoms with van der Waals surface area (Å²) in [5.74, 6) is -0.393. The van der Waals surface area contributed by atoms with Crippen molar-refractivity contribution in [1.29, 1.82) is 0 Å². The summed E-state index contributed by atoms with van der Waals surface area (Å²) in [7, 11) is 1.14. The van der Waals surface area contributed by atoms with Crippen molar-refractivity contribution < 1.29 is 10.2 Å². The number of hydrogen-bond donors (Lipinski definition) is 3. The average Bonchev–Trinajstić information content (AvgIpc) is 2.35. The van der Waals surface area contributed by atoms with Gasteiger partial charge in [0, 0.05) is 30.3 Å². The quantitative estimate of drug-likeness (QED) is 0.562. The second-order valence-corrected chi connectivity index (χ2v) is 4.94. The number of phenolic OH excluding ortho intramolecular Hbond substituents is 1. The lowest BCUT2D eigenvalue weighted by Crippen LogP contribution is -2.18. The van der Waals surface area contributed by atoms with Gasteiger partial charge in [-0.05, 0) is 12.1 Å². The number of para-hydroxylation sites is 2. The van der Waals surface area contributed by atoms with E-state index in [1.54, 1.807) is 18.2 Å². The number of hydrogen-bond acceptors (Lipinski definition) is 6. The van der Waals surface area contributed by atoms with Crippen molar-refractivity contribution in [3.63, 3.8) is 0 Å². The largest absolute Gasteiger partial charge is 0.506 e. The smallest absolute Gasteiger partial charge is 0.279 e. The SMILES string of the molecule is O=c1[nH]cnc(O)c1N(SI)c1ccccc1O. The molecule has 94 valence electrons. The molecule has 0 aliphatic rings. The third-order valence-electron chi connectivity index (χ3n) is 2.18. The number of aromatic nitrogens is 2. The van der Waals surface area contributed by atoms with Crippen LogP contribution in [-0.2, 0) is 0 Å². The Morgan fingerprint density at radius 2 is 2.06 bits per heavy atom. The molecular weight excluding hydrogens is 369 g/mol. The van der Waals surface area contributed by atoms with Gasteiger partial charge in [-0.1, -0.05) is 12.1 Å². The number of anilines is 2. The predicted molar refractivity (Wildman–Crippen MR) is 78.4 cm³/mol. The van der Waals surface area contributed by atoms with Gasteiger partial charge in [0.25, 0.3) is 5.56 Å². The van der Waals surface area contributed by atoms with Crippen LogP contribution >= 0.6 is 30.3 Å². The topological polar surface area (TPSA) is 89.5 Å². The minimum absolute atomic E-state index is 0.00400. The van der Waals surface area contributed by atoms with Crippen LogP contribution in [0.3, 0.4) is 0 Å². The van der Waals surface area contributed by atoms with Gasteiger partial charge in [-0.15, -0.1) is 0 Å². The van der Waals surface area contributed by atoms with Gasteiger partial charge in [-0.25, -0.2) is 4.98 Å². The molecule has 0 spiro atoms. The van der Waals surface area contributed by atoms with Gasteiger partial charge >= 0.3 is 0 Å². The Morgan fingerprint density at radius 3 is 2.67 bits per heavy atom. The summed E-state index contributed by atoms with van der Waals surface area (Å²) < 4.78 is 1.40. The molecule has 0 saturated carbocycles. The molecule has 8 heteroatoms. The molecule has 0 aliphatic heterocycles. The van der Waals surface area contributed by atoms with E-state index < -0.39 is 11.4 Å². The van der Waals surface area contributed by atoms with Crippen LogP contribution in [0.15, 0.2) is 35.4 Å². The molecule has 0 amide bonds. The summed E-state index contributed by atoms with van der Waals surface area (Å²) in [6, 6.07) is 6.52.